The predicted octanol–water partition coefficient (Wildman–Crippen LogP) is 5.21. The van der Waals surface area contributed by atoms with Gasteiger partial charge in [0.1, 0.15) is 18.1 Å². The van der Waals surface area contributed by atoms with Crippen molar-refractivity contribution in [1.82, 2.24) is 0 Å². The first kappa shape index (κ1) is 21.7. The Morgan fingerprint density at radius 2 is 1.67 bits per heavy atom. The number of hydrogen-bond acceptors (Lipinski definition) is 4. The Labute approximate surface area is 187 Å². The summed E-state index contributed by atoms with van der Waals surface area (Å²) in [7, 11) is 0. The molecule has 8 heteroatoms. The molecule has 6 nitrogen and oxygen atoms in total. The first-order chi connectivity index (χ1) is 14.5. The molecule has 0 aliphatic carbocycles. The van der Waals surface area contributed by atoms with Crippen LogP contribution in [0.25, 0.3) is 0 Å². The van der Waals surface area contributed by atoms with Gasteiger partial charge in [0.25, 0.3) is 5.91 Å². The molecular weight excluding hydrogens is 472 g/mol. The first-order valence-electron chi connectivity index (χ1n) is 8.92. The van der Waals surface area contributed by atoms with Crippen molar-refractivity contribution in [3.63, 3.8) is 0 Å². The number of carbonyl (C=O) groups is 2. The minimum atomic E-state index is -0.545. The lowest BCUT2D eigenvalue weighted by molar-refractivity contribution is -0.113. The fourth-order valence-corrected chi connectivity index (χ4v) is 2.99. The summed E-state index contributed by atoms with van der Waals surface area (Å²) in [6.07, 6.45) is 0. The lowest BCUT2D eigenvalue weighted by Gasteiger charge is -2.12. The Morgan fingerprint density at radius 3 is 2.37 bits per heavy atom. The summed E-state index contributed by atoms with van der Waals surface area (Å²) >= 11 is 9.33. The molecule has 0 aliphatic heterocycles. The van der Waals surface area contributed by atoms with Gasteiger partial charge in [-0.15, -0.1) is 0 Å². The maximum atomic E-state index is 12.6. The maximum Gasteiger partial charge on any atom is 0.259 e. The molecule has 154 valence electrons. The largest absolute Gasteiger partial charge is 0.507 e. The van der Waals surface area contributed by atoms with Gasteiger partial charge >= 0.3 is 0 Å². The van der Waals surface area contributed by atoms with Crippen LogP contribution in [0.5, 0.6) is 11.5 Å². The van der Waals surface area contributed by atoms with Crippen molar-refractivity contribution in [3.8, 4) is 11.5 Å². The number of rotatable bonds is 7. The highest BCUT2D eigenvalue weighted by Crippen LogP contribution is 2.29. The van der Waals surface area contributed by atoms with Gasteiger partial charge in [0.05, 0.1) is 15.9 Å². The molecule has 0 unspecified atom stereocenters. The molecule has 0 fully saturated rings. The Bertz CT molecular complexity index is 1060. The van der Waals surface area contributed by atoms with Crippen LogP contribution in [0.1, 0.15) is 15.9 Å². The molecular formula is C22H18BrClN2O4. The fraction of sp³-hybridized carbons (Fsp3) is 0.0909. The van der Waals surface area contributed by atoms with Crippen molar-refractivity contribution in [2.24, 2.45) is 0 Å². The van der Waals surface area contributed by atoms with E-state index >= 15 is 0 Å². The van der Waals surface area contributed by atoms with E-state index in [0.717, 1.165) is 5.56 Å². The molecule has 0 aliphatic rings. The zero-order valence-electron chi connectivity index (χ0n) is 15.7. The van der Waals surface area contributed by atoms with Crippen LogP contribution in [0.4, 0.5) is 11.4 Å². The van der Waals surface area contributed by atoms with Crippen LogP contribution >= 0.6 is 27.5 Å². The van der Waals surface area contributed by atoms with E-state index in [1.807, 2.05) is 30.3 Å². The molecule has 0 radical (unpaired) electrons. The van der Waals surface area contributed by atoms with Gasteiger partial charge in [-0.3, -0.25) is 9.59 Å². The van der Waals surface area contributed by atoms with Gasteiger partial charge in [-0.25, -0.2) is 0 Å². The Morgan fingerprint density at radius 1 is 0.967 bits per heavy atom. The highest BCUT2D eigenvalue weighted by molar-refractivity contribution is 9.09. The fourth-order valence-electron chi connectivity index (χ4n) is 2.62. The van der Waals surface area contributed by atoms with Gasteiger partial charge in [0, 0.05) is 11.4 Å². The third kappa shape index (κ3) is 5.75. The maximum absolute atomic E-state index is 12.6. The van der Waals surface area contributed by atoms with Crippen molar-refractivity contribution >= 4 is 50.7 Å². The zero-order chi connectivity index (χ0) is 21.5. The van der Waals surface area contributed by atoms with Gasteiger partial charge in [0.2, 0.25) is 5.91 Å². The van der Waals surface area contributed by atoms with E-state index < -0.39 is 5.91 Å². The van der Waals surface area contributed by atoms with E-state index in [1.165, 1.54) is 18.2 Å². The minimum absolute atomic E-state index is 0.0166. The van der Waals surface area contributed by atoms with Crippen molar-refractivity contribution in [1.29, 1.82) is 0 Å². The molecule has 0 aromatic heterocycles. The van der Waals surface area contributed by atoms with Crippen molar-refractivity contribution < 1.29 is 19.4 Å². The quantitative estimate of drug-likeness (QED) is 0.314. The molecule has 3 aromatic carbocycles. The molecule has 3 N–H and O–H groups in total. The number of benzene rings is 3. The van der Waals surface area contributed by atoms with Crippen molar-refractivity contribution in [2.45, 2.75) is 6.61 Å². The second-order valence-electron chi connectivity index (χ2n) is 6.29. The summed E-state index contributed by atoms with van der Waals surface area (Å²) in [5, 5.41) is 15.8. The molecule has 0 saturated carbocycles. The van der Waals surface area contributed by atoms with Crippen LogP contribution in [0, 0.1) is 0 Å². The number of ether oxygens (including phenoxy) is 1. The number of halogens is 2. The van der Waals surface area contributed by atoms with Crippen LogP contribution < -0.4 is 15.4 Å². The van der Waals surface area contributed by atoms with Gasteiger partial charge in [-0.05, 0) is 42.0 Å². The molecule has 3 rings (SSSR count). The number of aromatic hydroxyl groups is 1. The van der Waals surface area contributed by atoms with E-state index in [4.69, 9.17) is 16.3 Å². The number of nitrogens with one attached hydrogen (secondary N) is 2. The first-order valence-corrected chi connectivity index (χ1v) is 10.4. The second kappa shape index (κ2) is 10.1. The Hall–Kier alpha value is -3.03. The highest BCUT2D eigenvalue weighted by Gasteiger charge is 2.14. The van der Waals surface area contributed by atoms with Crippen LogP contribution in [0.3, 0.4) is 0 Å². The number of phenols is 1. The van der Waals surface area contributed by atoms with Gasteiger partial charge < -0.3 is 20.5 Å². The summed E-state index contributed by atoms with van der Waals surface area (Å²) in [4.78, 5) is 24.1. The highest BCUT2D eigenvalue weighted by atomic mass is 79.9. The van der Waals surface area contributed by atoms with E-state index in [0.29, 0.717) is 28.8 Å². The SMILES string of the molecule is O=C(CBr)Nc1ccc(O)c(C(=O)Nc2ccc(OCc3ccccc3)c(Cl)c2)c1. The van der Waals surface area contributed by atoms with Gasteiger partial charge in [-0.1, -0.05) is 57.9 Å². The van der Waals surface area contributed by atoms with E-state index in [9.17, 15) is 14.7 Å². The normalized spacial score (nSPS) is 10.3. The van der Waals surface area contributed by atoms with Crippen LogP contribution in [0.2, 0.25) is 5.02 Å². The zero-order valence-corrected chi connectivity index (χ0v) is 18.0. The summed E-state index contributed by atoms with van der Waals surface area (Å²) < 4.78 is 5.72. The average Bonchev–Trinajstić information content (AvgIpc) is 2.75. The Balaban J connectivity index is 1.69. The number of phenolic OH excluding ortho intramolecular Hbond substituents is 1. The lowest BCUT2D eigenvalue weighted by Crippen LogP contribution is -2.15. The molecule has 0 spiro atoms. The van der Waals surface area contributed by atoms with Crippen LogP contribution in [0.15, 0.2) is 66.7 Å². The smallest absolute Gasteiger partial charge is 0.259 e. The van der Waals surface area contributed by atoms with E-state index in [2.05, 4.69) is 26.6 Å². The van der Waals surface area contributed by atoms with Gasteiger partial charge in [0.15, 0.2) is 0 Å². The summed E-state index contributed by atoms with van der Waals surface area (Å²) in [5.74, 6) is -0.541. The monoisotopic (exact) mass is 488 g/mol. The molecule has 3 aromatic rings. The Kier molecular flexibility index (Phi) is 7.32. The second-order valence-corrected chi connectivity index (χ2v) is 7.26. The number of hydrogen-bond donors (Lipinski definition) is 3. The minimum Gasteiger partial charge on any atom is -0.507 e. The number of carbonyl (C=O) groups excluding carboxylic acids is 2. The number of anilines is 2. The van der Waals surface area contributed by atoms with E-state index in [-0.39, 0.29) is 22.6 Å². The average molecular weight is 490 g/mol. The molecule has 0 saturated heterocycles. The standard InChI is InChI=1S/C22H18BrClN2O4/c23-12-21(28)25-15-6-8-19(27)17(10-15)22(29)26-16-7-9-20(18(24)11-16)30-13-14-4-2-1-3-5-14/h1-11,27H,12-13H2,(H,25,28)(H,26,29). The third-order valence-electron chi connectivity index (χ3n) is 4.07. The summed E-state index contributed by atoms with van der Waals surface area (Å²) in [5.41, 5.74) is 1.85. The van der Waals surface area contributed by atoms with E-state index in [1.54, 1.807) is 18.2 Å². The van der Waals surface area contributed by atoms with Crippen molar-refractivity contribution in [3.05, 3.63) is 82.9 Å². The molecule has 0 heterocycles. The summed E-state index contributed by atoms with van der Waals surface area (Å²) in [6, 6.07) is 18.8. The van der Waals surface area contributed by atoms with Gasteiger partial charge in [-0.2, -0.15) is 0 Å². The molecule has 0 bridgehead atoms. The van der Waals surface area contributed by atoms with Crippen LogP contribution in [-0.4, -0.2) is 22.3 Å². The number of amides is 2. The van der Waals surface area contributed by atoms with Crippen LogP contribution in [-0.2, 0) is 11.4 Å². The molecule has 2 amide bonds. The topological polar surface area (TPSA) is 87.7 Å². The predicted molar refractivity (Wildman–Crippen MR) is 121 cm³/mol. The third-order valence-corrected chi connectivity index (χ3v) is 4.88. The number of alkyl halides is 1. The summed E-state index contributed by atoms with van der Waals surface area (Å²) in [6.45, 7) is 0.368. The lowest BCUT2D eigenvalue weighted by atomic mass is 10.1. The molecule has 0 atom stereocenters. The van der Waals surface area contributed by atoms with Crippen molar-refractivity contribution in [2.75, 3.05) is 16.0 Å². The molecule has 30 heavy (non-hydrogen) atoms.